The van der Waals surface area contributed by atoms with Crippen LogP contribution in [0.25, 0.3) is 0 Å². The van der Waals surface area contributed by atoms with Gasteiger partial charge in [-0.05, 0) is 31.2 Å². The highest BCUT2D eigenvalue weighted by molar-refractivity contribution is 9.10. The highest BCUT2D eigenvalue weighted by Gasteiger charge is 2.44. The van der Waals surface area contributed by atoms with Crippen LogP contribution in [0.15, 0.2) is 45.8 Å². The van der Waals surface area contributed by atoms with Crippen molar-refractivity contribution < 1.29 is 29.6 Å². The van der Waals surface area contributed by atoms with Crippen molar-refractivity contribution in [2.75, 3.05) is 6.61 Å². The van der Waals surface area contributed by atoms with E-state index >= 15 is 0 Å². The van der Waals surface area contributed by atoms with E-state index in [1.807, 2.05) is 24.3 Å². The summed E-state index contributed by atoms with van der Waals surface area (Å²) >= 11 is 4.55. The van der Waals surface area contributed by atoms with Crippen molar-refractivity contribution in [3.05, 3.63) is 40.9 Å². The normalized spacial score (nSPS) is 30.0. The van der Waals surface area contributed by atoms with Crippen LogP contribution in [0.2, 0.25) is 0 Å². The fraction of sp³-hybridized carbons (Fsp3) is 0.438. The number of carbonyl (C=O) groups is 1. The molecule has 0 bridgehead atoms. The molecule has 0 amide bonds. The maximum Gasteiger partial charge on any atom is 0.333 e. The van der Waals surface area contributed by atoms with E-state index in [-0.39, 0.29) is 12.2 Å². The Bertz CT molecular complexity index is 593. The van der Waals surface area contributed by atoms with Crippen LogP contribution in [0.1, 0.15) is 6.92 Å². The maximum atomic E-state index is 11.5. The number of esters is 1. The Kier molecular flexibility index (Phi) is 6.85. The minimum absolute atomic E-state index is 0.224. The highest BCUT2D eigenvalue weighted by atomic mass is 79.9. The molecule has 1 saturated heterocycles. The summed E-state index contributed by atoms with van der Waals surface area (Å²) < 4.78 is 11.5. The second-order valence-electron chi connectivity index (χ2n) is 5.47. The molecule has 2 rings (SSSR count). The largest absolute Gasteiger partial charge is 0.459 e. The van der Waals surface area contributed by atoms with Gasteiger partial charge in [0.15, 0.2) is 0 Å². The Hall–Kier alpha value is -0.900. The molecule has 1 aromatic carbocycles. The van der Waals surface area contributed by atoms with E-state index in [2.05, 4.69) is 22.5 Å². The summed E-state index contributed by atoms with van der Waals surface area (Å²) in [4.78, 5) is 12.3. The summed E-state index contributed by atoms with van der Waals surface area (Å²) in [6, 6.07) is 7.35. The number of ether oxygens (including phenoxy) is 2. The molecule has 0 aliphatic carbocycles. The van der Waals surface area contributed by atoms with Crippen LogP contribution in [0, 0.1) is 0 Å². The number of halogens is 1. The molecule has 1 unspecified atom stereocenters. The number of hydrogen-bond acceptors (Lipinski definition) is 7. The molecule has 1 heterocycles. The first-order valence-corrected chi connectivity index (χ1v) is 8.91. The van der Waals surface area contributed by atoms with E-state index in [0.717, 1.165) is 9.37 Å². The summed E-state index contributed by atoms with van der Waals surface area (Å²) in [5.41, 5.74) is -0.584. The molecule has 0 radical (unpaired) electrons. The molecular formula is C16H19BrO6S. The Labute approximate surface area is 152 Å². The van der Waals surface area contributed by atoms with Gasteiger partial charge in [0.1, 0.15) is 36.5 Å². The van der Waals surface area contributed by atoms with Crippen molar-refractivity contribution in [2.45, 2.75) is 41.7 Å². The summed E-state index contributed by atoms with van der Waals surface area (Å²) in [5.74, 6) is -0.608. The molecule has 1 aromatic rings. The van der Waals surface area contributed by atoms with Gasteiger partial charge in [0.05, 0.1) is 0 Å². The van der Waals surface area contributed by atoms with Gasteiger partial charge in [0, 0.05) is 14.9 Å². The molecule has 0 spiro atoms. The zero-order valence-electron chi connectivity index (χ0n) is 13.0. The lowest BCUT2D eigenvalue weighted by Crippen LogP contribution is -2.57. The predicted molar refractivity (Wildman–Crippen MR) is 92.5 cm³/mol. The highest BCUT2D eigenvalue weighted by Crippen LogP contribution is 2.34. The van der Waals surface area contributed by atoms with Crippen molar-refractivity contribution in [1.82, 2.24) is 0 Å². The van der Waals surface area contributed by atoms with E-state index in [4.69, 9.17) is 9.47 Å². The Morgan fingerprint density at radius 3 is 2.46 bits per heavy atom. The van der Waals surface area contributed by atoms with Gasteiger partial charge in [-0.3, -0.25) is 0 Å². The van der Waals surface area contributed by atoms with Crippen LogP contribution >= 0.6 is 27.7 Å². The summed E-state index contributed by atoms with van der Waals surface area (Å²) in [7, 11) is 0. The van der Waals surface area contributed by atoms with Crippen molar-refractivity contribution >= 4 is 33.7 Å². The van der Waals surface area contributed by atoms with Crippen LogP contribution in [0.4, 0.5) is 0 Å². The molecule has 0 saturated carbocycles. The Morgan fingerprint density at radius 2 is 1.88 bits per heavy atom. The quantitative estimate of drug-likeness (QED) is 0.491. The minimum atomic E-state index is -1.40. The van der Waals surface area contributed by atoms with Gasteiger partial charge in [-0.25, -0.2) is 4.79 Å². The maximum absolute atomic E-state index is 11.5. The minimum Gasteiger partial charge on any atom is -0.459 e. The molecule has 1 aliphatic rings. The van der Waals surface area contributed by atoms with E-state index in [1.54, 1.807) is 0 Å². The van der Waals surface area contributed by atoms with Gasteiger partial charge >= 0.3 is 5.97 Å². The lowest BCUT2D eigenvalue weighted by Gasteiger charge is -2.40. The van der Waals surface area contributed by atoms with Gasteiger partial charge in [-0.2, -0.15) is 0 Å². The van der Waals surface area contributed by atoms with Crippen molar-refractivity contribution in [3.63, 3.8) is 0 Å². The zero-order chi connectivity index (χ0) is 17.9. The van der Waals surface area contributed by atoms with Crippen LogP contribution in [0.5, 0.6) is 0 Å². The predicted octanol–water partition coefficient (Wildman–Crippen LogP) is 1.47. The smallest absolute Gasteiger partial charge is 0.333 e. The molecule has 1 fully saturated rings. The summed E-state index contributed by atoms with van der Waals surface area (Å²) in [5, 5.41) is 30.2. The average molecular weight is 419 g/mol. The van der Waals surface area contributed by atoms with Crippen LogP contribution in [-0.4, -0.2) is 57.7 Å². The number of aliphatic hydroxyl groups excluding tert-OH is 3. The van der Waals surface area contributed by atoms with E-state index in [0.29, 0.717) is 0 Å². The van der Waals surface area contributed by atoms with Crippen LogP contribution < -0.4 is 0 Å². The third-order valence-electron chi connectivity index (χ3n) is 3.46. The lowest BCUT2D eigenvalue weighted by molar-refractivity contribution is -0.209. The fourth-order valence-corrected chi connectivity index (χ4v) is 3.40. The SMILES string of the molecule is C=C(C)C(=O)OC[C@H]1OC(Sc2ccc(Br)cc2)[C@H](O)[C@@H](O)[C@@H]1O. The molecule has 24 heavy (non-hydrogen) atoms. The second-order valence-corrected chi connectivity index (χ2v) is 7.55. The molecule has 3 N–H and O–H groups in total. The second kappa shape index (κ2) is 8.46. The lowest BCUT2D eigenvalue weighted by atomic mass is 10.0. The van der Waals surface area contributed by atoms with E-state index in [1.165, 1.54) is 18.7 Å². The number of hydrogen-bond donors (Lipinski definition) is 3. The van der Waals surface area contributed by atoms with E-state index < -0.39 is 35.8 Å². The summed E-state index contributed by atoms with van der Waals surface area (Å²) in [6.45, 7) is 4.73. The molecule has 8 heteroatoms. The first-order chi connectivity index (χ1) is 11.3. The first kappa shape index (κ1) is 19.4. The number of aliphatic hydroxyl groups is 3. The third kappa shape index (κ3) is 4.81. The molecule has 0 aromatic heterocycles. The van der Waals surface area contributed by atoms with Crippen molar-refractivity contribution in [3.8, 4) is 0 Å². The molecule has 1 aliphatic heterocycles. The van der Waals surface area contributed by atoms with Crippen LogP contribution in [0.3, 0.4) is 0 Å². The van der Waals surface area contributed by atoms with Gasteiger partial charge in [0.2, 0.25) is 0 Å². The van der Waals surface area contributed by atoms with Gasteiger partial charge < -0.3 is 24.8 Å². The molecule has 6 nitrogen and oxygen atoms in total. The van der Waals surface area contributed by atoms with E-state index in [9.17, 15) is 20.1 Å². The zero-order valence-corrected chi connectivity index (χ0v) is 15.4. The number of rotatable bonds is 5. The van der Waals surface area contributed by atoms with Crippen molar-refractivity contribution in [2.24, 2.45) is 0 Å². The number of carbonyl (C=O) groups excluding carboxylic acids is 1. The Balaban J connectivity index is 2.04. The van der Waals surface area contributed by atoms with Gasteiger partial charge in [0.25, 0.3) is 0 Å². The average Bonchev–Trinajstić information content (AvgIpc) is 2.55. The van der Waals surface area contributed by atoms with Crippen molar-refractivity contribution in [1.29, 1.82) is 0 Å². The Morgan fingerprint density at radius 1 is 1.25 bits per heavy atom. The van der Waals surface area contributed by atoms with Gasteiger partial charge in [-0.1, -0.05) is 34.3 Å². The topological polar surface area (TPSA) is 96.2 Å². The molecular weight excluding hydrogens is 400 g/mol. The number of benzene rings is 1. The van der Waals surface area contributed by atoms with Crippen LogP contribution in [-0.2, 0) is 14.3 Å². The standard InChI is InChI=1S/C16H19BrO6S/c1-8(2)15(21)22-7-11-12(18)13(19)14(20)16(23-11)24-10-5-3-9(17)4-6-10/h3-6,11-14,16,18-20H,1,7H2,2H3/t11-,12-,13+,14-,16?/m1/s1. The summed E-state index contributed by atoms with van der Waals surface area (Å²) in [6.07, 6.45) is -4.98. The molecule has 132 valence electrons. The number of thioether (sulfide) groups is 1. The fourth-order valence-electron chi connectivity index (χ4n) is 2.08. The first-order valence-electron chi connectivity index (χ1n) is 7.24. The third-order valence-corrected chi connectivity index (χ3v) is 5.16. The monoisotopic (exact) mass is 418 g/mol. The van der Waals surface area contributed by atoms with Gasteiger partial charge in [-0.15, -0.1) is 0 Å². The molecule has 5 atom stereocenters.